The highest BCUT2D eigenvalue weighted by Gasteiger charge is 2.32. The van der Waals surface area contributed by atoms with Crippen molar-refractivity contribution >= 4 is 28.9 Å². The Kier molecular flexibility index (Phi) is 4.72. The highest BCUT2D eigenvalue weighted by atomic mass is 32.1. The van der Waals surface area contributed by atoms with Gasteiger partial charge in [-0.3, -0.25) is 0 Å². The fourth-order valence-corrected chi connectivity index (χ4v) is 2.71. The summed E-state index contributed by atoms with van der Waals surface area (Å²) < 4.78 is 33.0. The van der Waals surface area contributed by atoms with E-state index < -0.39 is 23.6 Å². The number of anilines is 1. The van der Waals surface area contributed by atoms with E-state index in [0.29, 0.717) is 13.0 Å². The molecule has 0 radical (unpaired) electrons. The van der Waals surface area contributed by atoms with Gasteiger partial charge in [-0.1, -0.05) is 12.2 Å². The van der Waals surface area contributed by atoms with E-state index in [1.165, 1.54) is 24.1 Å². The van der Waals surface area contributed by atoms with Crippen molar-refractivity contribution in [3.05, 3.63) is 29.3 Å². The summed E-state index contributed by atoms with van der Waals surface area (Å²) in [6, 6.07) is 2.13. The minimum Gasteiger partial charge on any atom is -0.467 e. The number of esters is 1. The number of halogens is 2. The molecule has 0 bridgehead atoms. The van der Waals surface area contributed by atoms with Crippen LogP contribution in [0.25, 0.3) is 0 Å². The number of ether oxygens (including phenoxy) is 1. The Morgan fingerprint density at radius 1 is 1.38 bits per heavy atom. The van der Waals surface area contributed by atoms with Crippen LogP contribution in [0.15, 0.2) is 12.1 Å². The van der Waals surface area contributed by atoms with Crippen LogP contribution in [-0.2, 0) is 9.53 Å². The quantitative estimate of drug-likeness (QED) is 0.684. The van der Waals surface area contributed by atoms with Gasteiger partial charge in [0.25, 0.3) is 0 Å². The lowest BCUT2D eigenvalue weighted by molar-refractivity contribution is -0.142. The summed E-state index contributed by atoms with van der Waals surface area (Å²) in [5.74, 6) is -2.58. The Balaban J connectivity index is 2.42. The lowest BCUT2D eigenvalue weighted by Gasteiger charge is -2.35. The number of piperidine rings is 1. The standard InChI is InChI=1S/C14H16F2N2O2S/c1-20-14(19)10-4-2-3-7-18(10)9-6-5-8(13(17)21)11(15)12(9)16/h5-6,10H,2-4,7H2,1H3,(H2,17,21). The van der Waals surface area contributed by atoms with E-state index in [1.807, 2.05) is 0 Å². The highest BCUT2D eigenvalue weighted by Crippen LogP contribution is 2.30. The molecule has 1 aromatic rings. The molecule has 0 aliphatic carbocycles. The van der Waals surface area contributed by atoms with Crippen LogP contribution in [0, 0.1) is 11.6 Å². The number of hydrogen-bond acceptors (Lipinski definition) is 4. The third-order valence-electron chi connectivity index (χ3n) is 3.61. The first-order valence-electron chi connectivity index (χ1n) is 6.59. The molecule has 1 aromatic carbocycles. The molecule has 1 atom stereocenters. The van der Waals surface area contributed by atoms with Gasteiger partial charge >= 0.3 is 5.97 Å². The molecule has 114 valence electrons. The maximum atomic E-state index is 14.3. The molecule has 0 spiro atoms. The number of thiocarbonyl (C=S) groups is 1. The van der Waals surface area contributed by atoms with Gasteiger partial charge in [0.1, 0.15) is 11.0 Å². The molecule has 21 heavy (non-hydrogen) atoms. The molecule has 1 aliphatic heterocycles. The second-order valence-corrected chi connectivity index (χ2v) is 5.29. The van der Waals surface area contributed by atoms with Gasteiger partial charge in [0.15, 0.2) is 11.6 Å². The number of carbonyl (C=O) groups excluding carboxylic acids is 1. The minimum atomic E-state index is -1.09. The average molecular weight is 314 g/mol. The summed E-state index contributed by atoms with van der Waals surface area (Å²) in [4.78, 5) is 13.1. The number of nitrogens with two attached hydrogens (primary N) is 1. The number of methoxy groups -OCH3 is 1. The molecule has 1 fully saturated rings. The van der Waals surface area contributed by atoms with Crippen molar-refractivity contribution in [2.45, 2.75) is 25.3 Å². The largest absolute Gasteiger partial charge is 0.467 e. The third kappa shape index (κ3) is 2.97. The van der Waals surface area contributed by atoms with Crippen LogP contribution in [0.2, 0.25) is 0 Å². The van der Waals surface area contributed by atoms with Gasteiger partial charge in [0, 0.05) is 12.1 Å². The first-order chi connectivity index (χ1) is 9.97. The SMILES string of the molecule is COC(=O)C1CCCCN1c1ccc(C(N)=S)c(F)c1F. The molecule has 2 N–H and O–H groups in total. The van der Waals surface area contributed by atoms with E-state index in [-0.39, 0.29) is 16.2 Å². The topological polar surface area (TPSA) is 55.6 Å². The lowest BCUT2D eigenvalue weighted by Crippen LogP contribution is -2.46. The van der Waals surface area contributed by atoms with Crippen molar-refractivity contribution in [3.63, 3.8) is 0 Å². The van der Waals surface area contributed by atoms with Crippen molar-refractivity contribution in [1.82, 2.24) is 0 Å². The molecule has 0 amide bonds. The zero-order valence-corrected chi connectivity index (χ0v) is 12.4. The molecule has 1 unspecified atom stereocenters. The predicted octanol–water partition coefficient (Wildman–Crippen LogP) is 2.13. The van der Waals surface area contributed by atoms with Crippen molar-refractivity contribution in [1.29, 1.82) is 0 Å². The van der Waals surface area contributed by atoms with Gasteiger partial charge in [-0.25, -0.2) is 13.6 Å². The Morgan fingerprint density at radius 2 is 2.10 bits per heavy atom. The second kappa shape index (κ2) is 6.34. The number of benzene rings is 1. The van der Waals surface area contributed by atoms with E-state index in [0.717, 1.165) is 12.8 Å². The first kappa shape index (κ1) is 15.6. The Morgan fingerprint density at radius 3 is 2.71 bits per heavy atom. The molecule has 1 aliphatic rings. The van der Waals surface area contributed by atoms with Crippen LogP contribution in [0.4, 0.5) is 14.5 Å². The van der Waals surface area contributed by atoms with Crippen LogP contribution in [0.1, 0.15) is 24.8 Å². The highest BCUT2D eigenvalue weighted by molar-refractivity contribution is 7.80. The zero-order chi connectivity index (χ0) is 15.6. The summed E-state index contributed by atoms with van der Waals surface area (Å²) in [6.45, 7) is 0.461. The van der Waals surface area contributed by atoms with Crippen molar-refractivity contribution < 1.29 is 18.3 Å². The predicted molar refractivity (Wildman–Crippen MR) is 79.2 cm³/mol. The smallest absolute Gasteiger partial charge is 0.328 e. The lowest BCUT2D eigenvalue weighted by atomic mass is 10.0. The molecule has 4 nitrogen and oxygen atoms in total. The van der Waals surface area contributed by atoms with Gasteiger partial charge in [-0.2, -0.15) is 0 Å². The van der Waals surface area contributed by atoms with E-state index >= 15 is 0 Å². The van der Waals surface area contributed by atoms with Crippen LogP contribution < -0.4 is 10.6 Å². The average Bonchev–Trinajstić information content (AvgIpc) is 2.49. The van der Waals surface area contributed by atoms with Gasteiger partial charge < -0.3 is 15.4 Å². The Bertz CT molecular complexity index is 580. The van der Waals surface area contributed by atoms with Crippen molar-refractivity contribution in [3.8, 4) is 0 Å². The molecule has 1 heterocycles. The summed E-state index contributed by atoms with van der Waals surface area (Å²) >= 11 is 4.68. The van der Waals surface area contributed by atoms with E-state index in [2.05, 4.69) is 12.2 Å². The van der Waals surface area contributed by atoms with Crippen LogP contribution in [0.3, 0.4) is 0 Å². The molecular formula is C14H16F2N2O2S. The molecule has 1 saturated heterocycles. The first-order valence-corrected chi connectivity index (χ1v) is 7.00. The Hall–Kier alpha value is -1.76. The number of hydrogen-bond donors (Lipinski definition) is 1. The zero-order valence-electron chi connectivity index (χ0n) is 11.6. The molecule has 0 aromatic heterocycles. The third-order valence-corrected chi connectivity index (χ3v) is 3.83. The summed E-state index contributed by atoms with van der Waals surface area (Å²) in [5, 5.41) is 0. The monoisotopic (exact) mass is 314 g/mol. The number of rotatable bonds is 3. The van der Waals surface area contributed by atoms with Gasteiger partial charge in [-0.15, -0.1) is 0 Å². The van der Waals surface area contributed by atoms with Crippen LogP contribution in [0.5, 0.6) is 0 Å². The summed E-state index contributed by atoms with van der Waals surface area (Å²) in [6.07, 6.45) is 2.18. The molecular weight excluding hydrogens is 298 g/mol. The van der Waals surface area contributed by atoms with Crippen molar-refractivity contribution in [2.24, 2.45) is 5.73 Å². The van der Waals surface area contributed by atoms with Crippen molar-refractivity contribution in [2.75, 3.05) is 18.6 Å². The Labute approximate surface area is 126 Å². The fourth-order valence-electron chi connectivity index (χ4n) is 2.55. The summed E-state index contributed by atoms with van der Waals surface area (Å²) in [5.41, 5.74) is 5.24. The maximum absolute atomic E-state index is 14.3. The second-order valence-electron chi connectivity index (χ2n) is 4.85. The van der Waals surface area contributed by atoms with Gasteiger partial charge in [0.2, 0.25) is 0 Å². The molecule has 7 heteroatoms. The fraction of sp³-hybridized carbons (Fsp3) is 0.429. The molecule has 2 rings (SSSR count). The van der Waals surface area contributed by atoms with Gasteiger partial charge in [0.05, 0.1) is 12.8 Å². The van der Waals surface area contributed by atoms with E-state index in [9.17, 15) is 13.6 Å². The minimum absolute atomic E-state index is 0.0302. The van der Waals surface area contributed by atoms with E-state index in [4.69, 9.17) is 10.5 Å². The normalized spacial score (nSPS) is 18.4. The molecule has 0 saturated carbocycles. The maximum Gasteiger partial charge on any atom is 0.328 e. The number of nitrogens with zero attached hydrogens (tertiary/aromatic N) is 1. The summed E-state index contributed by atoms with van der Waals surface area (Å²) in [7, 11) is 1.28. The van der Waals surface area contributed by atoms with Crippen LogP contribution >= 0.6 is 12.2 Å². The van der Waals surface area contributed by atoms with Gasteiger partial charge in [-0.05, 0) is 31.4 Å². The van der Waals surface area contributed by atoms with Crippen LogP contribution in [-0.4, -0.2) is 30.7 Å². The van der Waals surface area contributed by atoms with E-state index in [1.54, 1.807) is 0 Å². The number of carbonyl (C=O) groups is 1.